The second-order valence-corrected chi connectivity index (χ2v) is 6.21. The minimum absolute atomic E-state index is 0.112. The molecule has 0 aliphatic carbocycles. The molecule has 1 aromatic heterocycles. The van der Waals surface area contributed by atoms with Gasteiger partial charge in [-0.2, -0.15) is 5.10 Å². The van der Waals surface area contributed by atoms with Gasteiger partial charge >= 0.3 is 0 Å². The van der Waals surface area contributed by atoms with E-state index in [-0.39, 0.29) is 12.5 Å². The largest absolute Gasteiger partial charge is 0.495 e. The van der Waals surface area contributed by atoms with E-state index in [2.05, 4.69) is 10.4 Å². The molecule has 0 fully saturated rings. The summed E-state index contributed by atoms with van der Waals surface area (Å²) in [4.78, 5) is 12.6. The molecule has 0 spiro atoms. The van der Waals surface area contributed by atoms with Crippen LogP contribution >= 0.6 is 0 Å². The molecule has 2 heterocycles. The molecule has 132 valence electrons. The summed E-state index contributed by atoms with van der Waals surface area (Å²) in [5.41, 5.74) is 4.56. The number of benzene rings is 2. The highest BCUT2D eigenvalue weighted by Crippen LogP contribution is 2.37. The van der Waals surface area contributed by atoms with Crippen molar-refractivity contribution in [2.75, 3.05) is 12.4 Å². The Morgan fingerprint density at radius 1 is 1.31 bits per heavy atom. The highest BCUT2D eigenvalue weighted by atomic mass is 16.5. The van der Waals surface area contributed by atoms with Gasteiger partial charge in [0.25, 0.3) is 0 Å². The van der Waals surface area contributed by atoms with Crippen molar-refractivity contribution < 1.29 is 14.3 Å². The molecule has 26 heavy (non-hydrogen) atoms. The SMILES string of the molecule is COc1ccc(C)cc1NC(=O)Cn1ncc2c1-c1ccccc1OC2. The smallest absolute Gasteiger partial charge is 0.246 e. The Labute approximate surface area is 151 Å². The maximum atomic E-state index is 12.6. The summed E-state index contributed by atoms with van der Waals surface area (Å²) in [6, 6.07) is 13.5. The first-order valence-electron chi connectivity index (χ1n) is 8.37. The maximum Gasteiger partial charge on any atom is 0.246 e. The molecule has 0 saturated heterocycles. The first kappa shape index (κ1) is 16.2. The van der Waals surface area contributed by atoms with Crippen LogP contribution in [0.2, 0.25) is 0 Å². The molecule has 4 rings (SSSR count). The average Bonchev–Trinajstić information content (AvgIpc) is 3.05. The predicted octanol–water partition coefficient (Wildman–Crippen LogP) is 3.40. The van der Waals surface area contributed by atoms with Crippen molar-refractivity contribution >= 4 is 11.6 Å². The van der Waals surface area contributed by atoms with Gasteiger partial charge in [-0.3, -0.25) is 9.48 Å². The lowest BCUT2D eigenvalue weighted by atomic mass is 10.0. The number of fused-ring (bicyclic) bond motifs is 3. The van der Waals surface area contributed by atoms with Crippen molar-refractivity contribution in [3.63, 3.8) is 0 Å². The van der Waals surface area contributed by atoms with Crippen LogP contribution in [0, 0.1) is 6.92 Å². The highest BCUT2D eigenvalue weighted by Gasteiger charge is 2.23. The van der Waals surface area contributed by atoms with E-state index in [1.54, 1.807) is 18.0 Å². The van der Waals surface area contributed by atoms with Crippen molar-refractivity contribution in [3.05, 3.63) is 59.8 Å². The Kier molecular flexibility index (Phi) is 4.08. The molecular formula is C20H19N3O3. The van der Waals surface area contributed by atoms with E-state index in [1.807, 2.05) is 49.4 Å². The highest BCUT2D eigenvalue weighted by molar-refractivity contribution is 5.92. The third kappa shape index (κ3) is 2.90. The number of aryl methyl sites for hydroxylation is 1. The van der Waals surface area contributed by atoms with Gasteiger partial charge in [-0.05, 0) is 36.8 Å². The van der Waals surface area contributed by atoms with Crippen LogP contribution in [0.4, 0.5) is 5.69 Å². The number of para-hydroxylation sites is 1. The number of nitrogens with one attached hydrogen (secondary N) is 1. The number of amides is 1. The molecule has 0 atom stereocenters. The molecule has 1 amide bonds. The molecule has 6 nitrogen and oxygen atoms in total. The number of anilines is 1. The quantitative estimate of drug-likeness (QED) is 0.784. The molecule has 1 aliphatic rings. The van der Waals surface area contributed by atoms with E-state index in [1.165, 1.54) is 0 Å². The van der Waals surface area contributed by atoms with Gasteiger partial charge in [0.15, 0.2) is 0 Å². The van der Waals surface area contributed by atoms with Crippen molar-refractivity contribution in [2.24, 2.45) is 0 Å². The van der Waals surface area contributed by atoms with E-state index < -0.39 is 0 Å². The Bertz CT molecular complexity index is 978. The predicted molar refractivity (Wildman–Crippen MR) is 98.4 cm³/mol. The molecule has 0 bridgehead atoms. The van der Waals surface area contributed by atoms with E-state index >= 15 is 0 Å². The summed E-state index contributed by atoms with van der Waals surface area (Å²) in [7, 11) is 1.58. The van der Waals surface area contributed by atoms with E-state index in [0.29, 0.717) is 18.0 Å². The molecule has 0 unspecified atom stereocenters. The number of hydrogen-bond donors (Lipinski definition) is 1. The lowest BCUT2D eigenvalue weighted by molar-refractivity contribution is -0.116. The van der Waals surface area contributed by atoms with Crippen LogP contribution in [0.5, 0.6) is 11.5 Å². The van der Waals surface area contributed by atoms with E-state index in [0.717, 1.165) is 28.1 Å². The monoisotopic (exact) mass is 349 g/mol. The van der Waals surface area contributed by atoms with Crippen LogP contribution in [0.3, 0.4) is 0 Å². The van der Waals surface area contributed by atoms with Gasteiger partial charge < -0.3 is 14.8 Å². The third-order valence-corrected chi connectivity index (χ3v) is 4.36. The van der Waals surface area contributed by atoms with Gasteiger partial charge in [0.1, 0.15) is 24.7 Å². The summed E-state index contributed by atoms with van der Waals surface area (Å²) in [6.45, 7) is 2.54. The summed E-state index contributed by atoms with van der Waals surface area (Å²) < 4.78 is 12.8. The number of ether oxygens (including phenoxy) is 2. The zero-order chi connectivity index (χ0) is 18.1. The van der Waals surface area contributed by atoms with Crippen molar-refractivity contribution in [1.82, 2.24) is 9.78 Å². The Hall–Kier alpha value is -3.28. The summed E-state index contributed by atoms with van der Waals surface area (Å²) in [5, 5.41) is 7.30. The number of hydrogen-bond acceptors (Lipinski definition) is 4. The van der Waals surface area contributed by atoms with Crippen LogP contribution < -0.4 is 14.8 Å². The van der Waals surface area contributed by atoms with Crippen molar-refractivity contribution in [1.29, 1.82) is 0 Å². The number of methoxy groups -OCH3 is 1. The molecule has 6 heteroatoms. The summed E-state index contributed by atoms with van der Waals surface area (Å²) in [6.07, 6.45) is 1.76. The van der Waals surface area contributed by atoms with Crippen LogP contribution in [0.1, 0.15) is 11.1 Å². The lowest BCUT2D eigenvalue weighted by Gasteiger charge is -2.19. The molecule has 0 saturated carbocycles. The van der Waals surface area contributed by atoms with Crippen molar-refractivity contribution in [3.8, 4) is 22.8 Å². The number of nitrogens with zero attached hydrogens (tertiary/aromatic N) is 2. The summed E-state index contributed by atoms with van der Waals surface area (Å²) in [5.74, 6) is 1.27. The normalized spacial score (nSPS) is 11.9. The van der Waals surface area contributed by atoms with Gasteiger partial charge in [0, 0.05) is 11.1 Å². The average molecular weight is 349 g/mol. The van der Waals surface area contributed by atoms with E-state index in [9.17, 15) is 4.79 Å². The number of aromatic nitrogens is 2. The van der Waals surface area contributed by atoms with Gasteiger partial charge in [0.2, 0.25) is 5.91 Å². The third-order valence-electron chi connectivity index (χ3n) is 4.36. The Morgan fingerprint density at radius 3 is 3.00 bits per heavy atom. The zero-order valence-corrected chi connectivity index (χ0v) is 14.7. The molecule has 3 aromatic rings. The van der Waals surface area contributed by atoms with Gasteiger partial charge in [-0.25, -0.2) is 0 Å². The van der Waals surface area contributed by atoms with E-state index in [4.69, 9.17) is 9.47 Å². The fourth-order valence-corrected chi connectivity index (χ4v) is 3.15. The number of rotatable bonds is 4. The number of carbonyl (C=O) groups is 1. The van der Waals surface area contributed by atoms with Crippen molar-refractivity contribution in [2.45, 2.75) is 20.1 Å². The van der Waals surface area contributed by atoms with Gasteiger partial charge in [-0.1, -0.05) is 18.2 Å². The topological polar surface area (TPSA) is 65.4 Å². The van der Waals surface area contributed by atoms with Gasteiger partial charge in [0.05, 0.1) is 24.7 Å². The van der Waals surface area contributed by atoms with Gasteiger partial charge in [-0.15, -0.1) is 0 Å². The number of carbonyl (C=O) groups excluding carboxylic acids is 1. The standard InChI is InChI=1S/C20H19N3O3/c1-13-7-8-18(25-2)16(9-13)22-19(24)11-23-20-14(10-21-23)12-26-17-6-4-3-5-15(17)20/h3-10H,11-12H2,1-2H3,(H,22,24). The second kappa shape index (κ2) is 6.55. The fraction of sp³-hybridized carbons (Fsp3) is 0.200. The minimum Gasteiger partial charge on any atom is -0.495 e. The second-order valence-electron chi connectivity index (χ2n) is 6.21. The Balaban J connectivity index is 1.59. The molecule has 1 aliphatic heterocycles. The molecule has 0 radical (unpaired) electrons. The first-order valence-corrected chi connectivity index (χ1v) is 8.37. The summed E-state index contributed by atoms with van der Waals surface area (Å²) >= 11 is 0. The van der Waals surface area contributed by atoms with Crippen LogP contribution in [0.25, 0.3) is 11.3 Å². The fourth-order valence-electron chi connectivity index (χ4n) is 3.15. The Morgan fingerprint density at radius 2 is 2.15 bits per heavy atom. The van der Waals surface area contributed by atoms with Crippen LogP contribution in [-0.2, 0) is 17.9 Å². The first-order chi connectivity index (χ1) is 12.7. The zero-order valence-electron chi connectivity index (χ0n) is 14.7. The maximum absolute atomic E-state index is 12.6. The molecule has 2 aromatic carbocycles. The minimum atomic E-state index is -0.163. The van der Waals surface area contributed by atoms with Crippen LogP contribution in [-0.4, -0.2) is 22.8 Å². The van der Waals surface area contributed by atoms with Crippen LogP contribution in [0.15, 0.2) is 48.7 Å². The molecule has 1 N–H and O–H groups in total. The molecular weight excluding hydrogens is 330 g/mol. The lowest BCUT2D eigenvalue weighted by Crippen LogP contribution is -2.21.